The molecule has 0 N–H and O–H groups in total. The summed E-state index contributed by atoms with van der Waals surface area (Å²) in [4.78, 5) is 2.31. The summed E-state index contributed by atoms with van der Waals surface area (Å²) in [6.07, 6.45) is 6.85. The lowest BCUT2D eigenvalue weighted by Gasteiger charge is -2.14. The molecule has 0 bridgehead atoms. The Kier molecular flexibility index (Phi) is 6.60. The average Bonchev–Trinajstić information content (AvgIpc) is 2.70. The molecule has 0 radical (unpaired) electrons. The van der Waals surface area contributed by atoms with Crippen molar-refractivity contribution in [3.05, 3.63) is 24.2 Å². The largest absolute Gasteiger partial charge is 0.468 e. The van der Waals surface area contributed by atoms with E-state index in [-0.39, 0.29) is 0 Å². The van der Waals surface area contributed by atoms with E-state index >= 15 is 0 Å². The summed E-state index contributed by atoms with van der Waals surface area (Å²) in [6, 6.07) is 3.97. The first-order chi connectivity index (χ1) is 7.33. The zero-order chi connectivity index (χ0) is 10.9. The van der Waals surface area contributed by atoms with Gasteiger partial charge in [0.15, 0.2) is 0 Å². The third-order valence-electron chi connectivity index (χ3n) is 2.45. The molecule has 0 amide bonds. The minimum atomic E-state index is 0.916. The first-order valence-corrected chi connectivity index (χ1v) is 6.28. The lowest BCUT2D eigenvalue weighted by Crippen LogP contribution is -2.18. The topological polar surface area (TPSA) is 16.4 Å². The van der Waals surface area contributed by atoms with E-state index in [1.54, 1.807) is 6.26 Å². The van der Waals surface area contributed by atoms with Gasteiger partial charge in [-0.3, -0.25) is 4.90 Å². The van der Waals surface area contributed by atoms with Gasteiger partial charge in [-0.2, -0.15) is 12.6 Å². The standard InChI is InChI=1S/C12H21NOS/c1-13(8-4-2-3-5-10-15)11-12-7-6-9-14-12/h6-7,9,15H,2-5,8,10-11H2,1H3. The second-order valence-corrected chi connectivity index (χ2v) is 4.40. The second kappa shape index (κ2) is 7.83. The number of thiol groups is 1. The van der Waals surface area contributed by atoms with Crippen LogP contribution in [0.1, 0.15) is 31.4 Å². The van der Waals surface area contributed by atoms with E-state index in [0.29, 0.717) is 0 Å². The molecule has 1 aromatic rings. The average molecular weight is 227 g/mol. The lowest BCUT2D eigenvalue weighted by molar-refractivity contribution is 0.288. The highest BCUT2D eigenvalue weighted by Crippen LogP contribution is 2.06. The molecule has 0 aliphatic carbocycles. The minimum Gasteiger partial charge on any atom is -0.468 e. The summed E-state index contributed by atoms with van der Waals surface area (Å²) in [6.45, 7) is 2.06. The highest BCUT2D eigenvalue weighted by Gasteiger charge is 2.01. The van der Waals surface area contributed by atoms with Crippen molar-refractivity contribution >= 4 is 12.6 Å². The fourth-order valence-electron chi connectivity index (χ4n) is 1.59. The van der Waals surface area contributed by atoms with Crippen molar-refractivity contribution in [1.29, 1.82) is 0 Å². The van der Waals surface area contributed by atoms with Crippen LogP contribution in [0.2, 0.25) is 0 Å². The van der Waals surface area contributed by atoms with Crippen molar-refractivity contribution in [2.24, 2.45) is 0 Å². The molecular formula is C12H21NOS. The van der Waals surface area contributed by atoms with E-state index in [9.17, 15) is 0 Å². The SMILES string of the molecule is CN(CCCCCCS)Cc1ccco1. The Balaban J connectivity index is 2.01. The van der Waals surface area contributed by atoms with Gasteiger partial charge in [0.1, 0.15) is 5.76 Å². The predicted octanol–water partition coefficient (Wildman–Crippen LogP) is 3.20. The van der Waals surface area contributed by atoms with Gasteiger partial charge in [-0.15, -0.1) is 0 Å². The van der Waals surface area contributed by atoms with Gasteiger partial charge >= 0.3 is 0 Å². The third kappa shape index (κ3) is 5.90. The van der Waals surface area contributed by atoms with Gasteiger partial charge in [-0.1, -0.05) is 12.8 Å². The van der Waals surface area contributed by atoms with Crippen molar-refractivity contribution in [3.63, 3.8) is 0 Å². The van der Waals surface area contributed by atoms with Gasteiger partial charge in [0.2, 0.25) is 0 Å². The summed E-state index contributed by atoms with van der Waals surface area (Å²) in [5.41, 5.74) is 0. The maximum Gasteiger partial charge on any atom is 0.117 e. The Labute approximate surface area is 98.1 Å². The van der Waals surface area contributed by atoms with Gasteiger partial charge in [0.25, 0.3) is 0 Å². The Morgan fingerprint density at radius 3 is 2.73 bits per heavy atom. The minimum absolute atomic E-state index is 0.916. The molecule has 15 heavy (non-hydrogen) atoms. The van der Waals surface area contributed by atoms with Gasteiger partial charge in [-0.25, -0.2) is 0 Å². The predicted molar refractivity (Wildman–Crippen MR) is 67.4 cm³/mol. The van der Waals surface area contributed by atoms with E-state index in [1.807, 2.05) is 12.1 Å². The highest BCUT2D eigenvalue weighted by molar-refractivity contribution is 7.80. The maximum absolute atomic E-state index is 5.30. The summed E-state index contributed by atoms with van der Waals surface area (Å²) in [5.74, 6) is 2.07. The molecular weight excluding hydrogens is 206 g/mol. The van der Waals surface area contributed by atoms with E-state index in [2.05, 4.69) is 24.6 Å². The molecule has 1 heterocycles. The summed E-state index contributed by atoms with van der Waals surface area (Å²) in [5, 5.41) is 0. The van der Waals surface area contributed by atoms with Crippen molar-refractivity contribution in [2.45, 2.75) is 32.2 Å². The Morgan fingerprint density at radius 1 is 1.27 bits per heavy atom. The van der Waals surface area contributed by atoms with E-state index in [4.69, 9.17) is 4.42 Å². The molecule has 3 heteroatoms. The molecule has 0 aliphatic rings. The number of unbranched alkanes of at least 4 members (excludes halogenated alkanes) is 3. The smallest absolute Gasteiger partial charge is 0.117 e. The van der Waals surface area contributed by atoms with E-state index in [1.165, 1.54) is 25.7 Å². The molecule has 1 rings (SSSR count). The van der Waals surface area contributed by atoms with Crippen molar-refractivity contribution in [2.75, 3.05) is 19.3 Å². The van der Waals surface area contributed by atoms with E-state index in [0.717, 1.165) is 24.6 Å². The van der Waals surface area contributed by atoms with Crippen LogP contribution in [-0.2, 0) is 6.54 Å². The van der Waals surface area contributed by atoms with Crippen LogP contribution < -0.4 is 0 Å². The van der Waals surface area contributed by atoms with Crippen LogP contribution in [0.4, 0.5) is 0 Å². The first kappa shape index (κ1) is 12.7. The van der Waals surface area contributed by atoms with Crippen LogP contribution in [-0.4, -0.2) is 24.2 Å². The van der Waals surface area contributed by atoms with Crippen molar-refractivity contribution in [3.8, 4) is 0 Å². The second-order valence-electron chi connectivity index (χ2n) is 3.95. The maximum atomic E-state index is 5.30. The summed E-state index contributed by atoms with van der Waals surface area (Å²) >= 11 is 4.20. The number of furan rings is 1. The molecule has 0 aliphatic heterocycles. The van der Waals surface area contributed by atoms with Gasteiger partial charge in [-0.05, 0) is 44.3 Å². The molecule has 1 aromatic heterocycles. The summed E-state index contributed by atoms with van der Waals surface area (Å²) < 4.78 is 5.30. The molecule has 0 aromatic carbocycles. The number of nitrogens with zero attached hydrogens (tertiary/aromatic N) is 1. The van der Waals surface area contributed by atoms with Crippen LogP contribution in [0.5, 0.6) is 0 Å². The van der Waals surface area contributed by atoms with E-state index < -0.39 is 0 Å². The van der Waals surface area contributed by atoms with Crippen LogP contribution in [0.25, 0.3) is 0 Å². The first-order valence-electron chi connectivity index (χ1n) is 5.64. The van der Waals surface area contributed by atoms with Crippen LogP contribution in [0.15, 0.2) is 22.8 Å². The van der Waals surface area contributed by atoms with Crippen LogP contribution in [0, 0.1) is 0 Å². The highest BCUT2D eigenvalue weighted by atomic mass is 32.1. The Bertz CT molecular complexity index is 236. The zero-order valence-corrected chi connectivity index (χ0v) is 10.4. The number of rotatable bonds is 8. The molecule has 0 spiro atoms. The molecule has 0 unspecified atom stereocenters. The molecule has 0 fully saturated rings. The lowest BCUT2D eigenvalue weighted by atomic mass is 10.2. The van der Waals surface area contributed by atoms with Gasteiger partial charge < -0.3 is 4.42 Å². The molecule has 0 saturated heterocycles. The van der Waals surface area contributed by atoms with Gasteiger partial charge in [0, 0.05) is 0 Å². The molecule has 86 valence electrons. The van der Waals surface area contributed by atoms with Crippen LogP contribution in [0.3, 0.4) is 0 Å². The van der Waals surface area contributed by atoms with Crippen LogP contribution >= 0.6 is 12.6 Å². The molecule has 2 nitrogen and oxygen atoms in total. The van der Waals surface area contributed by atoms with Crippen molar-refractivity contribution < 1.29 is 4.42 Å². The van der Waals surface area contributed by atoms with Gasteiger partial charge in [0.05, 0.1) is 12.8 Å². The quantitative estimate of drug-likeness (QED) is 0.542. The monoisotopic (exact) mass is 227 g/mol. The number of hydrogen-bond acceptors (Lipinski definition) is 3. The third-order valence-corrected chi connectivity index (χ3v) is 2.77. The molecule has 0 atom stereocenters. The fraction of sp³-hybridized carbons (Fsp3) is 0.667. The van der Waals surface area contributed by atoms with Crippen molar-refractivity contribution in [1.82, 2.24) is 4.90 Å². The zero-order valence-electron chi connectivity index (χ0n) is 9.48. The normalized spacial score (nSPS) is 11.1. The molecule has 0 saturated carbocycles. The summed E-state index contributed by atoms with van der Waals surface area (Å²) in [7, 11) is 2.14. The number of hydrogen-bond donors (Lipinski definition) is 1. The Morgan fingerprint density at radius 2 is 2.07 bits per heavy atom. The fourth-order valence-corrected chi connectivity index (χ4v) is 1.82. The Hall–Kier alpha value is -0.410.